The monoisotopic (exact) mass is 251 g/mol. The van der Waals surface area contributed by atoms with Gasteiger partial charge in [-0.15, -0.1) is 0 Å². The first-order valence-electron chi connectivity index (χ1n) is 5.71. The van der Waals surface area contributed by atoms with Crippen LogP contribution in [0.1, 0.15) is 30.0 Å². The van der Waals surface area contributed by atoms with Crippen molar-refractivity contribution >= 4 is 22.6 Å². The summed E-state index contributed by atoms with van der Waals surface area (Å²) in [5.74, 6) is 0.941. The Hall–Kier alpha value is -1.13. The fourth-order valence-electron chi connectivity index (χ4n) is 2.41. The molecule has 0 spiro atoms. The third-order valence-corrected chi connectivity index (χ3v) is 3.64. The van der Waals surface area contributed by atoms with Gasteiger partial charge in [0, 0.05) is 5.69 Å². The van der Waals surface area contributed by atoms with Crippen molar-refractivity contribution in [3.63, 3.8) is 0 Å². The number of imidazole rings is 1. The topological polar surface area (TPSA) is 39.9 Å². The largest absolute Gasteiger partial charge is 0.371 e. The molecule has 3 heterocycles. The number of hydrogen-bond donors (Lipinski definition) is 0. The van der Waals surface area contributed by atoms with Crippen LogP contribution in [0.25, 0.3) is 11.0 Å². The fraction of sp³-hybridized carbons (Fsp3) is 0.500. The molecule has 2 aromatic heterocycles. The number of rotatable bonds is 0. The van der Waals surface area contributed by atoms with Gasteiger partial charge in [-0.2, -0.15) is 0 Å². The number of fused-ring (bicyclic) bond motifs is 3. The van der Waals surface area contributed by atoms with Gasteiger partial charge in [-0.1, -0.05) is 11.6 Å². The van der Waals surface area contributed by atoms with Gasteiger partial charge in [-0.25, -0.2) is 9.97 Å². The zero-order valence-corrected chi connectivity index (χ0v) is 10.9. The molecule has 0 amide bonds. The molecular formula is C12H14ClN3O. The van der Waals surface area contributed by atoms with Crippen molar-refractivity contribution < 1.29 is 4.74 Å². The maximum Gasteiger partial charge on any atom is 0.157 e. The molecule has 3 rings (SSSR count). The Labute approximate surface area is 105 Å². The second-order valence-electron chi connectivity index (χ2n) is 4.57. The second kappa shape index (κ2) is 3.68. The van der Waals surface area contributed by atoms with Gasteiger partial charge in [-0.3, -0.25) is 0 Å². The molecule has 0 radical (unpaired) electrons. The predicted molar refractivity (Wildman–Crippen MR) is 66.4 cm³/mol. The van der Waals surface area contributed by atoms with E-state index in [4.69, 9.17) is 16.3 Å². The van der Waals surface area contributed by atoms with Crippen LogP contribution < -0.4 is 0 Å². The maximum absolute atomic E-state index is 6.17. The summed E-state index contributed by atoms with van der Waals surface area (Å²) in [4.78, 5) is 8.87. The summed E-state index contributed by atoms with van der Waals surface area (Å²) in [5.41, 5.74) is 4.01. The van der Waals surface area contributed by atoms with E-state index in [-0.39, 0.29) is 0 Å². The molecule has 0 N–H and O–H groups in total. The van der Waals surface area contributed by atoms with Gasteiger partial charge in [0.2, 0.25) is 0 Å². The molecule has 0 aromatic carbocycles. The molecule has 0 unspecified atom stereocenters. The summed E-state index contributed by atoms with van der Waals surface area (Å²) >= 11 is 6.17. The molecule has 90 valence electrons. The van der Waals surface area contributed by atoms with E-state index in [1.165, 1.54) is 0 Å². The molecule has 1 aliphatic rings. The molecule has 4 nitrogen and oxygen atoms in total. The zero-order chi connectivity index (χ0) is 12.2. The lowest BCUT2D eigenvalue weighted by Gasteiger charge is -2.23. The highest BCUT2D eigenvalue weighted by Gasteiger charge is 2.24. The SMILES string of the molecule is Cc1nc(Cl)c2nc3n(c2c1C)[C@@H](C)COC3. The summed E-state index contributed by atoms with van der Waals surface area (Å²) in [5, 5.41) is 0.484. The molecule has 0 aliphatic carbocycles. The Balaban J connectivity index is 2.44. The molecule has 5 heteroatoms. The summed E-state index contributed by atoms with van der Waals surface area (Å²) in [6, 6.07) is 0.292. The van der Waals surface area contributed by atoms with Gasteiger partial charge < -0.3 is 9.30 Å². The van der Waals surface area contributed by atoms with Crippen molar-refractivity contribution in [2.24, 2.45) is 0 Å². The summed E-state index contributed by atoms with van der Waals surface area (Å²) in [6.07, 6.45) is 0. The third kappa shape index (κ3) is 1.47. The molecule has 1 atom stereocenters. The smallest absolute Gasteiger partial charge is 0.157 e. The normalized spacial score (nSPS) is 19.6. The minimum Gasteiger partial charge on any atom is -0.371 e. The molecule has 1 aliphatic heterocycles. The van der Waals surface area contributed by atoms with Gasteiger partial charge in [0.15, 0.2) is 5.15 Å². The number of pyridine rings is 1. The summed E-state index contributed by atoms with van der Waals surface area (Å²) in [7, 11) is 0. The van der Waals surface area contributed by atoms with E-state index >= 15 is 0 Å². The molecule has 0 saturated heterocycles. The van der Waals surface area contributed by atoms with Crippen LogP contribution in [0.3, 0.4) is 0 Å². The van der Waals surface area contributed by atoms with E-state index in [1.807, 2.05) is 6.92 Å². The molecule has 0 saturated carbocycles. The number of aryl methyl sites for hydroxylation is 2. The zero-order valence-electron chi connectivity index (χ0n) is 10.1. The average molecular weight is 252 g/mol. The van der Waals surface area contributed by atoms with Crippen LogP contribution in [0, 0.1) is 13.8 Å². The highest BCUT2D eigenvalue weighted by molar-refractivity contribution is 6.33. The Morgan fingerprint density at radius 1 is 1.35 bits per heavy atom. The molecule has 2 aromatic rings. The lowest BCUT2D eigenvalue weighted by atomic mass is 10.2. The van der Waals surface area contributed by atoms with Gasteiger partial charge in [-0.05, 0) is 26.3 Å². The number of nitrogens with zero attached hydrogens (tertiary/aromatic N) is 3. The van der Waals surface area contributed by atoms with Crippen molar-refractivity contribution in [2.75, 3.05) is 6.61 Å². The lowest BCUT2D eigenvalue weighted by molar-refractivity contribution is 0.0621. The molecular weight excluding hydrogens is 238 g/mol. The highest BCUT2D eigenvalue weighted by Crippen LogP contribution is 2.31. The van der Waals surface area contributed by atoms with Gasteiger partial charge >= 0.3 is 0 Å². The first kappa shape index (κ1) is 11.0. The molecule has 0 fully saturated rings. The highest BCUT2D eigenvalue weighted by atomic mass is 35.5. The third-order valence-electron chi connectivity index (χ3n) is 3.37. The van der Waals surface area contributed by atoms with Crippen LogP contribution in [0.2, 0.25) is 5.15 Å². The van der Waals surface area contributed by atoms with Gasteiger partial charge in [0.25, 0.3) is 0 Å². The van der Waals surface area contributed by atoms with E-state index in [9.17, 15) is 0 Å². The first-order valence-corrected chi connectivity index (χ1v) is 6.08. The van der Waals surface area contributed by atoms with Crippen LogP contribution in [0.4, 0.5) is 0 Å². The Bertz CT molecular complexity index is 606. The van der Waals surface area contributed by atoms with Crippen molar-refractivity contribution in [1.29, 1.82) is 0 Å². The van der Waals surface area contributed by atoms with Crippen LogP contribution in [0.15, 0.2) is 0 Å². The number of halogens is 1. The van der Waals surface area contributed by atoms with Crippen LogP contribution in [0.5, 0.6) is 0 Å². The van der Waals surface area contributed by atoms with Crippen molar-refractivity contribution in [2.45, 2.75) is 33.4 Å². The molecule has 0 bridgehead atoms. The van der Waals surface area contributed by atoms with E-state index in [2.05, 4.69) is 28.4 Å². The van der Waals surface area contributed by atoms with E-state index in [1.54, 1.807) is 0 Å². The van der Waals surface area contributed by atoms with E-state index in [0.717, 1.165) is 34.7 Å². The second-order valence-corrected chi connectivity index (χ2v) is 4.93. The van der Waals surface area contributed by atoms with Crippen molar-refractivity contribution in [1.82, 2.24) is 14.5 Å². The minimum absolute atomic E-state index is 0.292. The van der Waals surface area contributed by atoms with Crippen LogP contribution in [-0.4, -0.2) is 21.1 Å². The van der Waals surface area contributed by atoms with Crippen molar-refractivity contribution in [3.8, 4) is 0 Å². The Morgan fingerprint density at radius 2 is 2.12 bits per heavy atom. The first-order chi connectivity index (χ1) is 8.09. The molecule has 17 heavy (non-hydrogen) atoms. The number of aromatic nitrogens is 3. The maximum atomic E-state index is 6.17. The minimum atomic E-state index is 0.292. The quantitative estimate of drug-likeness (QED) is 0.676. The van der Waals surface area contributed by atoms with E-state index < -0.39 is 0 Å². The number of ether oxygens (including phenoxy) is 1. The van der Waals surface area contributed by atoms with E-state index in [0.29, 0.717) is 17.8 Å². The van der Waals surface area contributed by atoms with Gasteiger partial charge in [0.05, 0.1) is 18.2 Å². The summed E-state index contributed by atoms with van der Waals surface area (Å²) in [6.45, 7) is 7.44. The fourth-order valence-corrected chi connectivity index (χ4v) is 2.67. The van der Waals surface area contributed by atoms with Crippen LogP contribution in [-0.2, 0) is 11.3 Å². The predicted octanol–water partition coefficient (Wildman–Crippen LogP) is 2.79. The Kier molecular flexibility index (Phi) is 2.38. The Morgan fingerprint density at radius 3 is 2.88 bits per heavy atom. The van der Waals surface area contributed by atoms with Crippen molar-refractivity contribution in [3.05, 3.63) is 22.2 Å². The van der Waals surface area contributed by atoms with Gasteiger partial charge in [0.1, 0.15) is 17.9 Å². The standard InChI is InChI=1S/C12H14ClN3O/c1-6-4-17-5-9-15-10-11(16(6)9)7(2)8(3)14-12(10)13/h6H,4-5H2,1-3H3/t6-/m0/s1. The lowest BCUT2D eigenvalue weighted by Crippen LogP contribution is -2.21. The average Bonchev–Trinajstić information content (AvgIpc) is 2.67. The van der Waals surface area contributed by atoms with Crippen LogP contribution >= 0.6 is 11.6 Å². The number of hydrogen-bond acceptors (Lipinski definition) is 3. The summed E-state index contributed by atoms with van der Waals surface area (Å²) < 4.78 is 7.73.